The van der Waals surface area contributed by atoms with E-state index in [1.54, 1.807) is 12.1 Å². The van der Waals surface area contributed by atoms with Crippen LogP contribution in [0.2, 0.25) is 0 Å². The molecule has 1 amide bonds. The molecule has 0 aromatic heterocycles. The van der Waals surface area contributed by atoms with Crippen molar-refractivity contribution in [3.05, 3.63) is 29.8 Å². The first-order valence-corrected chi connectivity index (χ1v) is 7.59. The predicted molar refractivity (Wildman–Crippen MR) is 80.8 cm³/mol. The van der Waals surface area contributed by atoms with Crippen molar-refractivity contribution in [3.63, 3.8) is 0 Å². The van der Waals surface area contributed by atoms with Crippen LogP contribution in [0.5, 0.6) is 0 Å². The van der Waals surface area contributed by atoms with Gasteiger partial charge in [-0.1, -0.05) is 24.3 Å². The molecule has 1 aromatic carbocycles. The van der Waals surface area contributed by atoms with Gasteiger partial charge < -0.3 is 14.9 Å². The van der Waals surface area contributed by atoms with Crippen molar-refractivity contribution in [1.82, 2.24) is 9.80 Å². The smallest absolute Gasteiger partial charge is 0.423 e. The van der Waals surface area contributed by atoms with Crippen molar-refractivity contribution in [1.29, 1.82) is 0 Å². The molecule has 6 heteroatoms. The van der Waals surface area contributed by atoms with Crippen molar-refractivity contribution in [2.45, 2.75) is 19.4 Å². The van der Waals surface area contributed by atoms with Crippen LogP contribution in [0.4, 0.5) is 0 Å². The first-order chi connectivity index (χ1) is 10.1. The first kappa shape index (κ1) is 14.6. The third-order valence-corrected chi connectivity index (χ3v) is 4.29. The number of rotatable bonds is 4. The SMILES string of the molecule is O=C(C1CC1)N1CCN(Cc2ccc(B(O)O)cc2)CC1. The average Bonchev–Trinajstić information content (AvgIpc) is 3.32. The summed E-state index contributed by atoms with van der Waals surface area (Å²) in [5.74, 6) is 0.657. The number of hydrogen-bond donors (Lipinski definition) is 2. The monoisotopic (exact) mass is 288 g/mol. The van der Waals surface area contributed by atoms with Gasteiger partial charge in [-0.05, 0) is 23.9 Å². The van der Waals surface area contributed by atoms with Crippen LogP contribution >= 0.6 is 0 Å². The fourth-order valence-corrected chi connectivity index (χ4v) is 2.77. The number of hydrogen-bond acceptors (Lipinski definition) is 4. The van der Waals surface area contributed by atoms with Crippen LogP contribution in [-0.2, 0) is 11.3 Å². The minimum Gasteiger partial charge on any atom is -0.423 e. The van der Waals surface area contributed by atoms with Crippen LogP contribution in [0.25, 0.3) is 0 Å². The number of amides is 1. The van der Waals surface area contributed by atoms with E-state index < -0.39 is 7.12 Å². The second-order valence-corrected chi connectivity index (χ2v) is 5.99. The van der Waals surface area contributed by atoms with Gasteiger partial charge in [-0.25, -0.2) is 0 Å². The standard InChI is InChI=1S/C15H21BN2O3/c19-15(13-3-4-13)18-9-7-17(8-10-18)11-12-1-5-14(6-2-12)16(20)21/h1-2,5-6,13,20-21H,3-4,7-11H2. The number of benzene rings is 1. The van der Waals surface area contributed by atoms with Gasteiger partial charge in [0.15, 0.2) is 0 Å². The fourth-order valence-electron chi connectivity index (χ4n) is 2.77. The van der Waals surface area contributed by atoms with Crippen molar-refractivity contribution in [3.8, 4) is 0 Å². The maximum absolute atomic E-state index is 12.0. The molecule has 0 radical (unpaired) electrons. The van der Waals surface area contributed by atoms with E-state index in [9.17, 15) is 4.79 Å². The molecule has 1 heterocycles. The number of nitrogens with zero attached hydrogens (tertiary/aromatic N) is 2. The lowest BCUT2D eigenvalue weighted by Crippen LogP contribution is -2.48. The minimum absolute atomic E-state index is 0.314. The Bertz CT molecular complexity index is 494. The minimum atomic E-state index is -1.41. The van der Waals surface area contributed by atoms with E-state index in [0.717, 1.165) is 51.1 Å². The second kappa shape index (κ2) is 6.18. The predicted octanol–water partition coefficient (Wildman–Crippen LogP) is -0.579. The lowest BCUT2D eigenvalue weighted by Gasteiger charge is -2.35. The van der Waals surface area contributed by atoms with Gasteiger partial charge >= 0.3 is 7.12 Å². The van der Waals surface area contributed by atoms with Crippen LogP contribution in [-0.4, -0.2) is 59.1 Å². The summed E-state index contributed by atoms with van der Waals surface area (Å²) in [6, 6.07) is 7.34. The van der Waals surface area contributed by atoms with E-state index in [1.165, 1.54) is 0 Å². The summed E-state index contributed by atoms with van der Waals surface area (Å²) in [6.07, 6.45) is 2.14. The first-order valence-electron chi connectivity index (χ1n) is 7.59. The molecule has 5 nitrogen and oxygen atoms in total. The molecule has 1 saturated carbocycles. The van der Waals surface area contributed by atoms with Gasteiger partial charge in [0, 0.05) is 38.6 Å². The molecule has 21 heavy (non-hydrogen) atoms. The Balaban J connectivity index is 1.49. The Kier molecular flexibility index (Phi) is 4.28. The van der Waals surface area contributed by atoms with Crippen LogP contribution in [0.1, 0.15) is 18.4 Å². The highest BCUT2D eigenvalue weighted by Gasteiger charge is 2.34. The Hall–Kier alpha value is -1.37. The maximum Gasteiger partial charge on any atom is 0.488 e. The normalized spacial score (nSPS) is 19.6. The fraction of sp³-hybridized carbons (Fsp3) is 0.533. The lowest BCUT2D eigenvalue weighted by molar-refractivity contribution is -0.134. The molecule has 112 valence electrons. The molecular weight excluding hydrogens is 267 g/mol. The maximum atomic E-state index is 12.0. The summed E-state index contributed by atoms with van der Waals surface area (Å²) in [5.41, 5.74) is 1.67. The van der Waals surface area contributed by atoms with Crippen molar-refractivity contribution >= 4 is 18.5 Å². The van der Waals surface area contributed by atoms with E-state index in [0.29, 0.717) is 17.3 Å². The van der Waals surface area contributed by atoms with Crippen LogP contribution in [0, 0.1) is 5.92 Å². The molecule has 2 aliphatic rings. The van der Waals surface area contributed by atoms with Gasteiger partial charge in [-0.2, -0.15) is 0 Å². The number of carbonyl (C=O) groups is 1. The van der Waals surface area contributed by atoms with E-state index in [4.69, 9.17) is 10.0 Å². The van der Waals surface area contributed by atoms with Gasteiger partial charge in [-0.3, -0.25) is 9.69 Å². The van der Waals surface area contributed by atoms with Gasteiger partial charge in [-0.15, -0.1) is 0 Å². The summed E-state index contributed by atoms with van der Waals surface area (Å²) in [5, 5.41) is 18.1. The Morgan fingerprint density at radius 2 is 1.71 bits per heavy atom. The lowest BCUT2D eigenvalue weighted by atomic mass is 9.80. The van der Waals surface area contributed by atoms with E-state index in [2.05, 4.69) is 4.90 Å². The molecule has 3 rings (SSSR count). The molecular formula is C15H21BN2O3. The van der Waals surface area contributed by atoms with Crippen molar-refractivity contribution in [2.24, 2.45) is 5.92 Å². The third-order valence-electron chi connectivity index (χ3n) is 4.29. The molecule has 2 N–H and O–H groups in total. The molecule has 0 spiro atoms. The van der Waals surface area contributed by atoms with E-state index >= 15 is 0 Å². The van der Waals surface area contributed by atoms with Crippen LogP contribution in [0.15, 0.2) is 24.3 Å². The zero-order valence-electron chi connectivity index (χ0n) is 12.1. The molecule has 1 aromatic rings. The highest BCUT2D eigenvalue weighted by Crippen LogP contribution is 2.31. The van der Waals surface area contributed by atoms with E-state index in [1.807, 2.05) is 17.0 Å². The number of carbonyl (C=O) groups excluding carboxylic acids is 1. The molecule has 0 bridgehead atoms. The summed E-state index contributed by atoms with van der Waals surface area (Å²) in [7, 11) is -1.41. The van der Waals surface area contributed by atoms with Crippen molar-refractivity contribution in [2.75, 3.05) is 26.2 Å². The topological polar surface area (TPSA) is 64.0 Å². The largest absolute Gasteiger partial charge is 0.488 e. The van der Waals surface area contributed by atoms with Crippen molar-refractivity contribution < 1.29 is 14.8 Å². The van der Waals surface area contributed by atoms with Crippen LogP contribution in [0.3, 0.4) is 0 Å². The Morgan fingerprint density at radius 3 is 2.24 bits per heavy atom. The number of piperazine rings is 1. The molecule has 1 aliphatic heterocycles. The third kappa shape index (κ3) is 3.64. The molecule has 0 atom stereocenters. The molecule has 1 aliphatic carbocycles. The zero-order valence-corrected chi connectivity index (χ0v) is 12.1. The van der Waals surface area contributed by atoms with Gasteiger partial charge in [0.25, 0.3) is 0 Å². The molecule has 2 fully saturated rings. The zero-order chi connectivity index (χ0) is 14.8. The second-order valence-electron chi connectivity index (χ2n) is 5.99. The highest BCUT2D eigenvalue weighted by molar-refractivity contribution is 6.58. The van der Waals surface area contributed by atoms with Gasteiger partial charge in [0.2, 0.25) is 5.91 Å². The van der Waals surface area contributed by atoms with Crippen LogP contribution < -0.4 is 5.46 Å². The Labute approximate surface area is 125 Å². The summed E-state index contributed by atoms with van der Waals surface area (Å²) in [6.45, 7) is 4.30. The summed E-state index contributed by atoms with van der Waals surface area (Å²) < 4.78 is 0. The highest BCUT2D eigenvalue weighted by atomic mass is 16.4. The molecule has 0 unspecified atom stereocenters. The summed E-state index contributed by atoms with van der Waals surface area (Å²) in [4.78, 5) is 16.3. The average molecular weight is 288 g/mol. The quantitative estimate of drug-likeness (QED) is 0.728. The summed E-state index contributed by atoms with van der Waals surface area (Å²) >= 11 is 0. The molecule has 1 saturated heterocycles. The van der Waals surface area contributed by atoms with Gasteiger partial charge in [0.05, 0.1) is 0 Å². The van der Waals surface area contributed by atoms with E-state index in [-0.39, 0.29) is 0 Å². The van der Waals surface area contributed by atoms with Gasteiger partial charge in [0.1, 0.15) is 0 Å². The Morgan fingerprint density at radius 1 is 1.10 bits per heavy atom.